The molecule has 1 aliphatic rings. The summed E-state index contributed by atoms with van der Waals surface area (Å²) in [4.78, 5) is 60.4. The lowest BCUT2D eigenvalue weighted by Crippen LogP contribution is -2.29. The normalized spacial score (nSPS) is 12.0. The molecule has 0 fully saturated rings. The molecule has 0 spiro atoms. The molecule has 9 heteroatoms. The van der Waals surface area contributed by atoms with Crippen LogP contribution in [0.15, 0.2) is 60.7 Å². The van der Waals surface area contributed by atoms with Crippen molar-refractivity contribution >= 4 is 34.8 Å². The first kappa shape index (κ1) is 19.6. The molecule has 0 unspecified atom stereocenters. The molecule has 152 valence electrons. The Bertz CT molecular complexity index is 1310. The minimum absolute atomic E-state index is 0.0116. The van der Waals surface area contributed by atoms with E-state index in [1.54, 1.807) is 12.1 Å². The van der Waals surface area contributed by atoms with E-state index in [9.17, 15) is 34.4 Å². The molecule has 1 amide bonds. The van der Waals surface area contributed by atoms with E-state index in [0.717, 1.165) is 18.2 Å². The Hall–Kier alpha value is -4.66. The smallest absolute Gasteiger partial charge is 0.269 e. The van der Waals surface area contributed by atoms with E-state index in [0.29, 0.717) is 0 Å². The highest BCUT2D eigenvalue weighted by molar-refractivity contribution is 6.31. The summed E-state index contributed by atoms with van der Waals surface area (Å²) in [5.74, 6) is -3.57. The van der Waals surface area contributed by atoms with E-state index in [2.05, 4.69) is 5.32 Å². The molecule has 3 aromatic rings. The second-order valence-corrected chi connectivity index (χ2v) is 6.66. The first-order chi connectivity index (χ1) is 14.8. The van der Waals surface area contributed by atoms with Gasteiger partial charge in [-0.2, -0.15) is 0 Å². The molecule has 31 heavy (non-hydrogen) atoms. The Kier molecular flexibility index (Phi) is 4.63. The fourth-order valence-corrected chi connectivity index (χ4v) is 3.41. The van der Waals surface area contributed by atoms with E-state index in [-0.39, 0.29) is 39.2 Å². The number of nitrogens with one attached hydrogen (secondary N) is 1. The van der Waals surface area contributed by atoms with Crippen molar-refractivity contribution in [3.05, 3.63) is 104 Å². The number of nitro benzene ring substituents is 1. The summed E-state index contributed by atoms with van der Waals surface area (Å²) >= 11 is 0. The largest absolute Gasteiger partial charge is 0.545 e. The van der Waals surface area contributed by atoms with Crippen molar-refractivity contribution in [2.24, 2.45) is 0 Å². The van der Waals surface area contributed by atoms with Gasteiger partial charge in [-0.3, -0.25) is 24.5 Å². The number of anilines is 1. The number of fused-ring (bicyclic) bond motifs is 2. The molecule has 0 aromatic heterocycles. The fourth-order valence-electron chi connectivity index (χ4n) is 3.41. The lowest BCUT2D eigenvalue weighted by molar-refractivity contribution is -0.384. The number of nitrogens with zero attached hydrogens (tertiary/aromatic N) is 1. The van der Waals surface area contributed by atoms with Crippen LogP contribution in [0.5, 0.6) is 0 Å². The second-order valence-electron chi connectivity index (χ2n) is 6.66. The number of hydrogen-bond acceptors (Lipinski definition) is 7. The number of carboxylic acid groups (broad SMARTS) is 1. The summed E-state index contributed by atoms with van der Waals surface area (Å²) in [6, 6.07) is 13.0. The van der Waals surface area contributed by atoms with Crippen LogP contribution in [-0.4, -0.2) is 28.4 Å². The van der Waals surface area contributed by atoms with Gasteiger partial charge in [0, 0.05) is 39.9 Å². The third-order valence-corrected chi connectivity index (χ3v) is 4.89. The first-order valence-electron chi connectivity index (χ1n) is 8.92. The van der Waals surface area contributed by atoms with Crippen LogP contribution in [0.1, 0.15) is 52.6 Å². The number of ketones is 2. The quantitative estimate of drug-likeness (QED) is 0.396. The lowest BCUT2D eigenvalue weighted by Gasteiger charge is -2.23. The van der Waals surface area contributed by atoms with Crippen LogP contribution in [0.25, 0.3) is 0 Å². The monoisotopic (exact) mass is 415 g/mol. The standard InChI is InChI=1S/C22H12N2O7/c25-19-13-3-1-2-4-14(13)20(26)17-15(19)9-10-16(22(28)29)18(17)23-21(27)11-5-7-12(8-6-11)24(30)31/h1-10H,(H,23,27)(H,28,29)/p-1. The Labute approximate surface area is 174 Å². The minimum Gasteiger partial charge on any atom is -0.545 e. The van der Waals surface area contributed by atoms with Gasteiger partial charge in [-0.1, -0.05) is 30.3 Å². The van der Waals surface area contributed by atoms with Crippen molar-refractivity contribution in [2.45, 2.75) is 0 Å². The van der Waals surface area contributed by atoms with Gasteiger partial charge in [0.2, 0.25) is 0 Å². The molecule has 0 saturated heterocycles. The number of nitro groups is 1. The minimum atomic E-state index is -1.65. The van der Waals surface area contributed by atoms with Crippen LogP contribution in [0.4, 0.5) is 11.4 Å². The van der Waals surface area contributed by atoms with E-state index < -0.39 is 33.9 Å². The molecule has 3 aromatic carbocycles. The van der Waals surface area contributed by atoms with Crippen LogP contribution < -0.4 is 10.4 Å². The number of benzene rings is 3. The number of amides is 1. The van der Waals surface area contributed by atoms with Crippen molar-refractivity contribution in [3.63, 3.8) is 0 Å². The summed E-state index contributed by atoms with van der Waals surface area (Å²) in [6.07, 6.45) is 0. The zero-order valence-corrected chi connectivity index (χ0v) is 15.6. The molecule has 0 bridgehead atoms. The summed E-state index contributed by atoms with van der Waals surface area (Å²) in [6.45, 7) is 0. The Morgan fingerprint density at radius 2 is 1.42 bits per heavy atom. The van der Waals surface area contributed by atoms with E-state index in [1.807, 2.05) is 0 Å². The molecule has 0 atom stereocenters. The van der Waals surface area contributed by atoms with Crippen LogP contribution in [0, 0.1) is 10.1 Å². The predicted molar refractivity (Wildman–Crippen MR) is 105 cm³/mol. The molecule has 0 saturated carbocycles. The fraction of sp³-hybridized carbons (Fsp3) is 0. The third-order valence-electron chi connectivity index (χ3n) is 4.89. The maximum Gasteiger partial charge on any atom is 0.269 e. The van der Waals surface area contributed by atoms with E-state index >= 15 is 0 Å². The zero-order valence-electron chi connectivity index (χ0n) is 15.6. The van der Waals surface area contributed by atoms with Crippen molar-refractivity contribution in [1.29, 1.82) is 0 Å². The first-order valence-corrected chi connectivity index (χ1v) is 8.92. The van der Waals surface area contributed by atoms with Gasteiger partial charge in [0.05, 0.1) is 22.1 Å². The summed E-state index contributed by atoms with van der Waals surface area (Å²) < 4.78 is 0. The Balaban J connectivity index is 1.83. The van der Waals surface area contributed by atoms with Gasteiger partial charge < -0.3 is 15.2 Å². The van der Waals surface area contributed by atoms with E-state index in [4.69, 9.17) is 0 Å². The van der Waals surface area contributed by atoms with Crippen LogP contribution >= 0.6 is 0 Å². The predicted octanol–water partition coefficient (Wildman–Crippen LogP) is 1.99. The van der Waals surface area contributed by atoms with Gasteiger partial charge in [-0.05, 0) is 18.2 Å². The van der Waals surface area contributed by atoms with E-state index in [1.165, 1.54) is 30.3 Å². The highest BCUT2D eigenvalue weighted by Crippen LogP contribution is 2.34. The van der Waals surface area contributed by atoms with Gasteiger partial charge >= 0.3 is 0 Å². The lowest BCUT2D eigenvalue weighted by atomic mass is 9.82. The van der Waals surface area contributed by atoms with Crippen molar-refractivity contribution in [2.75, 3.05) is 5.32 Å². The van der Waals surface area contributed by atoms with Gasteiger partial charge in [0.1, 0.15) is 0 Å². The van der Waals surface area contributed by atoms with Crippen molar-refractivity contribution < 1.29 is 29.2 Å². The molecular weight excluding hydrogens is 404 g/mol. The average molecular weight is 415 g/mol. The maximum absolute atomic E-state index is 13.1. The topological polar surface area (TPSA) is 147 Å². The Morgan fingerprint density at radius 1 is 0.806 bits per heavy atom. The SMILES string of the molecule is O=C(Nc1c(C(=O)[O-])ccc2c1C(=O)c1ccccc1C2=O)c1ccc([N+](=O)[O-])cc1. The second kappa shape index (κ2) is 7.30. The van der Waals surface area contributed by atoms with Crippen molar-refractivity contribution in [3.8, 4) is 0 Å². The third kappa shape index (κ3) is 3.23. The van der Waals surface area contributed by atoms with Gasteiger partial charge in [0.15, 0.2) is 11.6 Å². The number of carboxylic acids is 1. The summed E-state index contributed by atoms with van der Waals surface area (Å²) in [5.41, 5.74) is -1.13. The van der Waals surface area contributed by atoms with Gasteiger partial charge in [-0.25, -0.2) is 0 Å². The van der Waals surface area contributed by atoms with Crippen LogP contribution in [-0.2, 0) is 0 Å². The maximum atomic E-state index is 13.1. The molecule has 9 nitrogen and oxygen atoms in total. The van der Waals surface area contributed by atoms with Crippen molar-refractivity contribution in [1.82, 2.24) is 0 Å². The molecular formula is C22H11N2O7-. The zero-order chi connectivity index (χ0) is 22.3. The number of carbonyl (C=O) groups is 4. The van der Waals surface area contributed by atoms with Gasteiger partial charge in [0.25, 0.3) is 11.6 Å². The van der Waals surface area contributed by atoms with Gasteiger partial charge in [-0.15, -0.1) is 0 Å². The summed E-state index contributed by atoms with van der Waals surface area (Å²) in [5, 5.41) is 24.8. The average Bonchev–Trinajstić information content (AvgIpc) is 2.77. The number of rotatable bonds is 4. The number of non-ortho nitro benzene ring substituents is 1. The molecule has 0 radical (unpaired) electrons. The molecule has 1 N–H and O–H groups in total. The summed E-state index contributed by atoms with van der Waals surface area (Å²) in [7, 11) is 0. The Morgan fingerprint density at radius 3 is 2.00 bits per heavy atom. The highest BCUT2D eigenvalue weighted by atomic mass is 16.6. The molecule has 0 heterocycles. The number of carbonyl (C=O) groups excluding carboxylic acids is 4. The number of aromatic carboxylic acids is 1. The molecule has 4 rings (SSSR count). The number of hydrogen-bond donors (Lipinski definition) is 1. The molecule has 0 aliphatic heterocycles. The van der Waals surface area contributed by atoms with Crippen LogP contribution in [0.2, 0.25) is 0 Å². The van der Waals surface area contributed by atoms with Crippen LogP contribution in [0.3, 0.4) is 0 Å². The highest BCUT2D eigenvalue weighted by Gasteiger charge is 2.33. The molecule has 1 aliphatic carbocycles.